The number of aromatic nitrogens is 6. The Hall–Kier alpha value is -10.8. The van der Waals surface area contributed by atoms with Gasteiger partial charge in [-0.3, -0.25) is 19.9 Å². The third kappa shape index (κ3) is 9.18. The Morgan fingerprint density at radius 3 is 0.707 bits per heavy atom. The summed E-state index contributed by atoms with van der Waals surface area (Å²) >= 11 is 0. The van der Waals surface area contributed by atoms with Gasteiger partial charge in [0.2, 0.25) is 0 Å². The fraction of sp³-hybridized carbons (Fsp3) is 0.0263. The van der Waals surface area contributed by atoms with E-state index in [2.05, 4.69) is 247 Å². The molecule has 82 heavy (non-hydrogen) atoms. The van der Waals surface area contributed by atoms with E-state index in [1.165, 1.54) is 21.5 Å². The molecule has 0 saturated carbocycles. The number of fused-ring (bicyclic) bond motifs is 6. The van der Waals surface area contributed by atoms with Gasteiger partial charge in [-0.05, 0) is 184 Å². The Labute approximate surface area is 476 Å². The number of nitrogens with zero attached hydrogens (tertiary/aromatic N) is 6. The molecule has 0 atom stereocenters. The molecule has 6 aromatic heterocycles. The van der Waals surface area contributed by atoms with Crippen LogP contribution in [0.15, 0.2) is 292 Å². The predicted octanol–water partition coefficient (Wildman–Crippen LogP) is 19.8. The SMILES string of the molecule is CC.c1ccc(-c2cccc(-c3ccc4c(c3)c3cc(-c5cccc(-c6ccccn6)c5)ccc3n4-c3cccc(-n4c5ccc(-c6cccc(-c7ccccn7)c6)cc5c5cc(-c6cccc(-c7ccccn7)c6)ccc54)c3)c2)nc1. The van der Waals surface area contributed by atoms with Crippen molar-refractivity contribution in [2.24, 2.45) is 0 Å². The summed E-state index contributed by atoms with van der Waals surface area (Å²) in [5.41, 5.74) is 23.9. The lowest BCUT2D eigenvalue weighted by Gasteiger charge is -2.14. The van der Waals surface area contributed by atoms with Crippen LogP contribution in [0.1, 0.15) is 13.8 Å². The van der Waals surface area contributed by atoms with Gasteiger partial charge in [-0.15, -0.1) is 0 Å². The van der Waals surface area contributed by atoms with Crippen molar-refractivity contribution in [1.29, 1.82) is 0 Å². The van der Waals surface area contributed by atoms with Crippen molar-refractivity contribution >= 4 is 43.6 Å². The first kappa shape index (κ1) is 49.5. The minimum atomic E-state index is 0.950. The highest BCUT2D eigenvalue weighted by molar-refractivity contribution is 6.13. The first-order valence-electron chi connectivity index (χ1n) is 28.0. The van der Waals surface area contributed by atoms with Crippen LogP contribution in [0.2, 0.25) is 0 Å². The van der Waals surface area contributed by atoms with Crippen molar-refractivity contribution in [3.8, 4) is 101 Å². The Kier molecular flexibility index (Phi) is 12.9. The maximum atomic E-state index is 4.68. The molecule has 6 nitrogen and oxygen atoms in total. The van der Waals surface area contributed by atoms with Crippen LogP contribution < -0.4 is 0 Å². The number of pyridine rings is 4. The molecule has 0 unspecified atom stereocenters. The van der Waals surface area contributed by atoms with Crippen molar-refractivity contribution in [2.75, 3.05) is 0 Å². The van der Waals surface area contributed by atoms with Crippen LogP contribution in [0.3, 0.4) is 0 Å². The highest BCUT2D eigenvalue weighted by atomic mass is 15.0. The normalized spacial score (nSPS) is 11.3. The van der Waals surface area contributed by atoms with E-state index in [1.807, 2.05) is 87.2 Å². The molecule has 15 aromatic rings. The van der Waals surface area contributed by atoms with E-state index >= 15 is 0 Å². The fourth-order valence-electron chi connectivity index (χ4n) is 11.7. The first-order chi connectivity index (χ1) is 40.6. The van der Waals surface area contributed by atoms with E-state index < -0.39 is 0 Å². The molecule has 0 saturated heterocycles. The van der Waals surface area contributed by atoms with Crippen molar-refractivity contribution in [1.82, 2.24) is 29.1 Å². The van der Waals surface area contributed by atoms with Gasteiger partial charge in [-0.1, -0.05) is 141 Å². The molecule has 0 N–H and O–H groups in total. The van der Waals surface area contributed by atoms with Crippen LogP contribution >= 0.6 is 0 Å². The summed E-state index contributed by atoms with van der Waals surface area (Å²) in [6, 6.07) is 95.8. The fourth-order valence-corrected chi connectivity index (χ4v) is 11.7. The molecule has 388 valence electrons. The second-order valence-electron chi connectivity index (χ2n) is 20.3. The topological polar surface area (TPSA) is 61.4 Å². The van der Waals surface area contributed by atoms with Crippen molar-refractivity contribution in [2.45, 2.75) is 13.8 Å². The summed E-state index contributed by atoms with van der Waals surface area (Å²) in [7, 11) is 0. The number of rotatable bonds is 10. The van der Waals surface area contributed by atoms with Crippen LogP contribution in [0, 0.1) is 0 Å². The average molecular weight is 1050 g/mol. The highest BCUT2D eigenvalue weighted by Crippen LogP contribution is 2.42. The summed E-state index contributed by atoms with van der Waals surface area (Å²) in [6.07, 6.45) is 7.41. The molecule has 0 fully saturated rings. The van der Waals surface area contributed by atoms with Crippen LogP contribution in [0.5, 0.6) is 0 Å². The molecule has 0 spiro atoms. The van der Waals surface area contributed by atoms with Crippen molar-refractivity contribution in [3.63, 3.8) is 0 Å². The second kappa shape index (κ2) is 21.4. The molecule has 6 heterocycles. The molecule has 0 bridgehead atoms. The minimum Gasteiger partial charge on any atom is -0.309 e. The Bertz CT molecular complexity index is 4230. The van der Waals surface area contributed by atoms with Crippen molar-refractivity contribution < 1.29 is 0 Å². The third-order valence-corrected chi connectivity index (χ3v) is 15.5. The lowest BCUT2D eigenvalue weighted by molar-refractivity contribution is 1.13. The molecule has 6 heteroatoms. The molecule has 0 aliphatic heterocycles. The van der Waals surface area contributed by atoms with E-state index in [9.17, 15) is 0 Å². The number of hydrogen-bond donors (Lipinski definition) is 0. The quantitative estimate of drug-likeness (QED) is 0.137. The highest BCUT2D eigenvalue weighted by Gasteiger charge is 2.20. The zero-order chi connectivity index (χ0) is 54.9. The van der Waals surface area contributed by atoms with Gasteiger partial charge in [-0.2, -0.15) is 0 Å². The first-order valence-corrected chi connectivity index (χ1v) is 28.0. The van der Waals surface area contributed by atoms with Crippen LogP contribution in [-0.2, 0) is 0 Å². The smallest absolute Gasteiger partial charge is 0.0702 e. The summed E-state index contributed by atoms with van der Waals surface area (Å²) in [5.74, 6) is 0. The van der Waals surface area contributed by atoms with Gasteiger partial charge in [0.05, 0.1) is 44.8 Å². The Morgan fingerprint density at radius 2 is 0.451 bits per heavy atom. The van der Waals surface area contributed by atoms with Gasteiger partial charge in [0.25, 0.3) is 0 Å². The molecular formula is C76H54N6. The van der Waals surface area contributed by atoms with E-state index in [1.54, 1.807) is 0 Å². The van der Waals surface area contributed by atoms with E-state index in [4.69, 9.17) is 0 Å². The molecule has 0 aliphatic carbocycles. The molecule has 0 amide bonds. The van der Waals surface area contributed by atoms with Crippen LogP contribution in [-0.4, -0.2) is 29.1 Å². The van der Waals surface area contributed by atoms with E-state index in [0.717, 1.165) is 123 Å². The molecule has 9 aromatic carbocycles. The standard InChI is InChI=1S/C74H48N6.C2H6/c1-5-36-75-67(24-1)57-18-9-14-49(40-57)53-28-32-71-63(44-53)64-45-54(50-15-10-19-58(41-50)68-25-2-6-37-76-68)29-33-72(64)79(71)61-22-13-23-62(48-61)80-73-34-30-55(51-16-11-20-59(42-51)69-26-3-7-38-77-69)46-65(73)66-47-56(31-35-74(66)80)52-17-12-21-60(43-52)70-27-4-8-39-78-70;1-2/h1-48H;1-2H3. The summed E-state index contributed by atoms with van der Waals surface area (Å²) < 4.78 is 4.87. The predicted molar refractivity (Wildman–Crippen MR) is 341 cm³/mol. The largest absolute Gasteiger partial charge is 0.309 e. The molecule has 0 aliphatic rings. The monoisotopic (exact) mass is 1050 g/mol. The summed E-state index contributed by atoms with van der Waals surface area (Å²) in [5, 5.41) is 4.69. The average Bonchev–Trinajstić information content (AvgIpc) is 4.29. The van der Waals surface area contributed by atoms with Gasteiger partial charge < -0.3 is 9.13 Å². The number of benzene rings is 9. The zero-order valence-corrected chi connectivity index (χ0v) is 45.4. The Balaban J connectivity index is 0.00000298. The van der Waals surface area contributed by atoms with Crippen LogP contribution in [0.25, 0.3) is 145 Å². The van der Waals surface area contributed by atoms with Crippen molar-refractivity contribution in [3.05, 3.63) is 292 Å². The van der Waals surface area contributed by atoms with E-state index in [0.29, 0.717) is 0 Å². The zero-order valence-electron chi connectivity index (χ0n) is 45.4. The van der Waals surface area contributed by atoms with Gasteiger partial charge in [0.1, 0.15) is 0 Å². The summed E-state index contributed by atoms with van der Waals surface area (Å²) in [6.45, 7) is 4.00. The maximum absolute atomic E-state index is 4.68. The van der Waals surface area contributed by atoms with Gasteiger partial charge in [0, 0.05) is 80.0 Å². The second-order valence-corrected chi connectivity index (χ2v) is 20.3. The van der Waals surface area contributed by atoms with Gasteiger partial charge in [0.15, 0.2) is 0 Å². The Morgan fingerprint density at radius 1 is 0.207 bits per heavy atom. The molecular weight excluding hydrogens is 997 g/mol. The third-order valence-electron chi connectivity index (χ3n) is 15.5. The van der Waals surface area contributed by atoms with Gasteiger partial charge in [-0.25, -0.2) is 0 Å². The van der Waals surface area contributed by atoms with E-state index in [-0.39, 0.29) is 0 Å². The lowest BCUT2D eigenvalue weighted by atomic mass is 9.98. The molecule has 0 radical (unpaired) electrons. The maximum Gasteiger partial charge on any atom is 0.0702 e. The minimum absolute atomic E-state index is 0.950. The van der Waals surface area contributed by atoms with Crippen LogP contribution in [0.4, 0.5) is 0 Å². The molecule has 15 rings (SSSR count). The number of hydrogen-bond acceptors (Lipinski definition) is 4. The lowest BCUT2D eigenvalue weighted by Crippen LogP contribution is -1.98. The van der Waals surface area contributed by atoms with Gasteiger partial charge >= 0.3 is 0 Å². The summed E-state index contributed by atoms with van der Waals surface area (Å²) in [4.78, 5) is 18.7.